The van der Waals surface area contributed by atoms with Gasteiger partial charge in [-0.15, -0.1) is 0 Å². The molecule has 0 radical (unpaired) electrons. The maximum Gasteiger partial charge on any atom is 0.263 e. The van der Waals surface area contributed by atoms with Gasteiger partial charge in [0.05, 0.1) is 0 Å². The highest BCUT2D eigenvalue weighted by molar-refractivity contribution is 5.97. The Morgan fingerprint density at radius 1 is 1.17 bits per heavy atom. The van der Waals surface area contributed by atoms with E-state index in [1.54, 1.807) is 6.92 Å². The molecule has 2 heterocycles. The second-order valence-corrected chi connectivity index (χ2v) is 3.84. The molecule has 0 unspecified atom stereocenters. The maximum absolute atomic E-state index is 5.48. The highest BCUT2D eigenvalue weighted by atomic mass is 16.5. The van der Waals surface area contributed by atoms with Crippen molar-refractivity contribution in [1.82, 2.24) is 15.1 Å². The van der Waals surface area contributed by atoms with Gasteiger partial charge < -0.3 is 9.95 Å². The summed E-state index contributed by atoms with van der Waals surface area (Å²) in [6.07, 6.45) is 0. The number of anilines is 1. The van der Waals surface area contributed by atoms with Gasteiger partial charge in [-0.3, -0.25) is 0 Å². The van der Waals surface area contributed by atoms with Gasteiger partial charge in [0, 0.05) is 5.56 Å². The van der Waals surface area contributed by atoms with Gasteiger partial charge in [0.2, 0.25) is 0 Å². The Morgan fingerprint density at radius 3 is 2.67 bits per heavy atom. The van der Waals surface area contributed by atoms with Crippen molar-refractivity contribution >= 4 is 16.9 Å². The average molecular weight is 241 g/mol. The van der Waals surface area contributed by atoms with Crippen molar-refractivity contribution in [3.63, 3.8) is 0 Å². The van der Waals surface area contributed by atoms with Gasteiger partial charge in [0.1, 0.15) is 16.9 Å². The third-order valence-electron chi connectivity index (χ3n) is 2.63. The number of nitrogens with zero attached hydrogens (tertiary/aromatic N) is 3. The Hall–Kier alpha value is -2.47. The molecule has 1 aromatic carbocycles. The monoisotopic (exact) mass is 241 g/mol. The molecule has 3 rings (SSSR count). The fourth-order valence-electron chi connectivity index (χ4n) is 1.86. The van der Waals surface area contributed by atoms with E-state index in [0.717, 1.165) is 5.56 Å². The summed E-state index contributed by atoms with van der Waals surface area (Å²) in [5, 5.41) is 4.73. The Bertz CT molecular complexity index is 692. The molecule has 0 atom stereocenters. The molecule has 0 spiro atoms. The van der Waals surface area contributed by atoms with Gasteiger partial charge in [-0.25, -0.2) is 10.8 Å². The van der Waals surface area contributed by atoms with Crippen molar-refractivity contribution in [1.29, 1.82) is 0 Å². The van der Waals surface area contributed by atoms with E-state index in [4.69, 9.17) is 10.4 Å². The van der Waals surface area contributed by atoms with Gasteiger partial charge >= 0.3 is 0 Å². The van der Waals surface area contributed by atoms with Crippen LogP contribution in [0.4, 0.5) is 5.82 Å². The minimum atomic E-state index is 0.425. The third kappa shape index (κ3) is 1.59. The number of aryl methyl sites for hydroxylation is 1. The number of fused-ring (bicyclic) bond motifs is 1. The average Bonchev–Trinajstić information content (AvgIpc) is 2.82. The lowest BCUT2D eigenvalue weighted by atomic mass is 10.1. The lowest BCUT2D eigenvalue weighted by Gasteiger charge is -2.02. The van der Waals surface area contributed by atoms with Gasteiger partial charge in [-0.05, 0) is 6.92 Å². The summed E-state index contributed by atoms with van der Waals surface area (Å²) in [5.74, 6) is 6.57. The zero-order valence-corrected chi connectivity index (χ0v) is 9.71. The molecule has 2 aromatic heterocycles. The van der Waals surface area contributed by atoms with Crippen molar-refractivity contribution < 1.29 is 4.52 Å². The minimum Gasteiger partial charge on any atom is -0.335 e. The quantitative estimate of drug-likeness (QED) is 0.526. The van der Waals surface area contributed by atoms with E-state index in [1.165, 1.54) is 0 Å². The number of hydrogen-bond acceptors (Lipinski definition) is 6. The van der Waals surface area contributed by atoms with Gasteiger partial charge in [0.15, 0.2) is 5.82 Å². The van der Waals surface area contributed by atoms with Crippen LogP contribution in [0, 0.1) is 6.92 Å². The second kappa shape index (κ2) is 4.08. The highest BCUT2D eigenvalue weighted by Crippen LogP contribution is 2.30. The van der Waals surface area contributed by atoms with E-state index in [0.29, 0.717) is 28.4 Å². The summed E-state index contributed by atoms with van der Waals surface area (Å²) < 4.78 is 5.23. The fourth-order valence-corrected chi connectivity index (χ4v) is 1.86. The molecule has 3 N–H and O–H groups in total. The normalized spacial score (nSPS) is 10.8. The van der Waals surface area contributed by atoms with E-state index >= 15 is 0 Å². The molecule has 0 amide bonds. The van der Waals surface area contributed by atoms with Crippen molar-refractivity contribution in [2.24, 2.45) is 5.84 Å². The van der Waals surface area contributed by atoms with Crippen LogP contribution in [-0.4, -0.2) is 15.1 Å². The standard InChI is InChI=1S/C12H11N5O/c1-7-14-11(16-13)9-10(17-18-12(9)15-7)8-5-3-2-4-6-8/h2-6H,13H2,1H3,(H,14,15,16). The van der Waals surface area contributed by atoms with Crippen LogP contribution >= 0.6 is 0 Å². The molecule has 0 saturated carbocycles. The largest absolute Gasteiger partial charge is 0.335 e. The van der Waals surface area contributed by atoms with E-state index in [9.17, 15) is 0 Å². The summed E-state index contributed by atoms with van der Waals surface area (Å²) in [6, 6.07) is 9.68. The summed E-state index contributed by atoms with van der Waals surface area (Å²) >= 11 is 0. The number of nitrogen functional groups attached to an aromatic ring is 1. The van der Waals surface area contributed by atoms with Gasteiger partial charge in [-0.1, -0.05) is 35.5 Å². The smallest absolute Gasteiger partial charge is 0.263 e. The van der Waals surface area contributed by atoms with E-state index in [-0.39, 0.29) is 0 Å². The summed E-state index contributed by atoms with van der Waals surface area (Å²) in [6.45, 7) is 1.77. The van der Waals surface area contributed by atoms with Crippen molar-refractivity contribution in [3.05, 3.63) is 36.2 Å². The lowest BCUT2D eigenvalue weighted by molar-refractivity contribution is 0.450. The predicted molar refractivity (Wildman–Crippen MR) is 67.6 cm³/mol. The van der Waals surface area contributed by atoms with Crippen LogP contribution in [0.15, 0.2) is 34.9 Å². The first-order valence-electron chi connectivity index (χ1n) is 5.45. The van der Waals surface area contributed by atoms with Crippen LogP contribution in [0.25, 0.3) is 22.4 Å². The number of hydrogen-bond donors (Lipinski definition) is 2. The highest BCUT2D eigenvalue weighted by Gasteiger charge is 2.16. The topological polar surface area (TPSA) is 89.9 Å². The number of benzene rings is 1. The number of aromatic nitrogens is 3. The van der Waals surface area contributed by atoms with Crippen LogP contribution in [0.3, 0.4) is 0 Å². The zero-order valence-electron chi connectivity index (χ0n) is 9.71. The Balaban J connectivity index is 2.32. The molecule has 0 aliphatic carbocycles. The Morgan fingerprint density at radius 2 is 1.94 bits per heavy atom. The van der Waals surface area contributed by atoms with Crippen LogP contribution in [0.5, 0.6) is 0 Å². The molecular weight excluding hydrogens is 230 g/mol. The minimum absolute atomic E-state index is 0.425. The van der Waals surface area contributed by atoms with Crippen LogP contribution < -0.4 is 11.3 Å². The van der Waals surface area contributed by atoms with E-state index in [2.05, 4.69) is 20.6 Å². The van der Waals surface area contributed by atoms with Crippen LogP contribution in [-0.2, 0) is 0 Å². The van der Waals surface area contributed by atoms with Crippen LogP contribution in [0.1, 0.15) is 5.82 Å². The molecule has 6 heteroatoms. The molecule has 6 nitrogen and oxygen atoms in total. The lowest BCUT2D eigenvalue weighted by Crippen LogP contribution is -2.10. The molecule has 0 bridgehead atoms. The summed E-state index contributed by atoms with van der Waals surface area (Å²) in [7, 11) is 0. The first-order chi connectivity index (χ1) is 8.79. The summed E-state index contributed by atoms with van der Waals surface area (Å²) in [5.41, 5.74) is 4.59. The number of hydrazine groups is 1. The van der Waals surface area contributed by atoms with Gasteiger partial charge in [0.25, 0.3) is 5.71 Å². The summed E-state index contributed by atoms with van der Waals surface area (Å²) in [4.78, 5) is 8.43. The Kier molecular flexibility index (Phi) is 2.42. The SMILES string of the molecule is Cc1nc(NN)c2c(-c3ccccc3)noc2n1. The fraction of sp³-hybridized carbons (Fsp3) is 0.0833. The van der Waals surface area contributed by atoms with Crippen LogP contribution in [0.2, 0.25) is 0 Å². The molecule has 0 aliphatic heterocycles. The maximum atomic E-state index is 5.48. The number of nitrogens with two attached hydrogens (primary N) is 1. The zero-order chi connectivity index (χ0) is 12.5. The predicted octanol–water partition coefficient (Wildman–Crippen LogP) is 1.88. The van der Waals surface area contributed by atoms with Crippen molar-refractivity contribution in [3.8, 4) is 11.3 Å². The Labute approximate surface area is 103 Å². The number of nitrogens with one attached hydrogen (secondary N) is 1. The van der Waals surface area contributed by atoms with Crippen molar-refractivity contribution in [2.45, 2.75) is 6.92 Å². The molecule has 0 fully saturated rings. The molecular formula is C12H11N5O. The van der Waals surface area contributed by atoms with E-state index in [1.807, 2.05) is 30.3 Å². The third-order valence-corrected chi connectivity index (χ3v) is 2.63. The molecule has 90 valence electrons. The molecule has 3 aromatic rings. The van der Waals surface area contributed by atoms with E-state index < -0.39 is 0 Å². The second-order valence-electron chi connectivity index (χ2n) is 3.84. The van der Waals surface area contributed by atoms with Gasteiger partial charge in [-0.2, -0.15) is 4.98 Å². The van der Waals surface area contributed by atoms with Crippen molar-refractivity contribution in [2.75, 3.05) is 5.43 Å². The first kappa shape index (κ1) is 10.7. The molecule has 18 heavy (non-hydrogen) atoms. The molecule has 0 saturated heterocycles. The number of rotatable bonds is 2. The molecule has 0 aliphatic rings. The first-order valence-corrected chi connectivity index (χ1v) is 5.45.